The minimum Gasteiger partial charge on any atom is -1.00 e. The Balaban J connectivity index is 0.000000181. The molecule has 0 bridgehead atoms. The van der Waals surface area contributed by atoms with E-state index in [0.29, 0.717) is 0 Å². The van der Waals surface area contributed by atoms with Crippen LogP contribution in [-0.2, 0) is 46.7 Å². The predicted octanol–water partition coefficient (Wildman–Crippen LogP) is 14.3. The quantitative estimate of drug-likeness (QED) is 0.0936. The third-order valence-corrected chi connectivity index (χ3v) is 12.2. The van der Waals surface area contributed by atoms with Crippen molar-refractivity contribution in [3.8, 4) is 44.5 Å². The van der Waals surface area contributed by atoms with Crippen molar-refractivity contribution in [1.29, 1.82) is 0 Å². The van der Waals surface area contributed by atoms with E-state index in [2.05, 4.69) is 151 Å². The summed E-state index contributed by atoms with van der Waals surface area (Å²) < 4.78 is 51.7. The molecule has 0 spiro atoms. The maximum Gasteiger partial charge on any atom is 0.123 e. The third-order valence-electron chi connectivity index (χ3n) is 12.2. The van der Waals surface area contributed by atoms with E-state index in [-0.39, 0.29) is 59.0 Å². The molecule has 0 saturated carbocycles. The van der Waals surface area contributed by atoms with Crippen LogP contribution in [0.3, 0.4) is 0 Å². The van der Waals surface area contributed by atoms with E-state index in [9.17, 15) is 17.6 Å². The van der Waals surface area contributed by atoms with E-state index in [0.717, 1.165) is 44.5 Å². The van der Waals surface area contributed by atoms with Gasteiger partial charge in [-0.15, -0.1) is 138 Å². The Morgan fingerprint density at radius 2 is 0.462 bits per heavy atom. The first kappa shape index (κ1) is 63.5. The molecule has 0 radical (unpaired) electrons. The molecule has 0 heterocycles. The van der Waals surface area contributed by atoms with Crippen LogP contribution in [0.5, 0.6) is 0 Å². The number of hydrogen-bond donors (Lipinski definition) is 0. The fourth-order valence-corrected chi connectivity index (χ4v) is 9.06. The first-order chi connectivity index (χ1) is 36.4. The van der Waals surface area contributed by atoms with E-state index in [4.69, 9.17) is 0 Å². The summed E-state index contributed by atoms with van der Waals surface area (Å²) in [5.74, 6) is -0.779. The summed E-state index contributed by atoms with van der Waals surface area (Å²) in [5, 5.41) is 9.89. The smallest absolute Gasteiger partial charge is 0.123 e. The van der Waals surface area contributed by atoms with Crippen molar-refractivity contribution in [1.82, 2.24) is 0 Å². The van der Waals surface area contributed by atoms with Crippen LogP contribution in [0.4, 0.5) is 17.6 Å². The number of aryl methyl sites for hydroxylation is 4. The van der Waals surface area contributed by atoms with Crippen LogP contribution in [0.2, 0.25) is 26.2 Å². The predicted molar refractivity (Wildman–Crippen MR) is 314 cm³/mol. The minimum absolute atomic E-state index is 0. The molecule has 0 unspecified atom stereocenters. The van der Waals surface area contributed by atoms with Gasteiger partial charge >= 0.3 is 83.7 Å². The molecular weight excluding hydrogens is 1200 g/mol. The third kappa shape index (κ3) is 17.9. The second kappa shape index (κ2) is 30.3. The van der Waals surface area contributed by atoms with Gasteiger partial charge < -0.3 is 24.8 Å². The summed E-state index contributed by atoms with van der Waals surface area (Å²) in [4.78, 5) is 0. The molecule has 0 atom stereocenters. The largest absolute Gasteiger partial charge is 1.00 e. The molecule has 0 saturated heterocycles. The summed E-state index contributed by atoms with van der Waals surface area (Å²) in [7, 11) is 0. The normalized spacial score (nSPS) is 10.3. The van der Waals surface area contributed by atoms with Crippen molar-refractivity contribution >= 4 is 54.0 Å². The van der Waals surface area contributed by atoms with Crippen LogP contribution >= 0.6 is 0 Å². The van der Waals surface area contributed by atoms with Gasteiger partial charge in [-0.05, 0) is 70.8 Å². The van der Waals surface area contributed by atoms with Gasteiger partial charge in [0.1, 0.15) is 23.3 Å². The maximum atomic E-state index is 12.9. The van der Waals surface area contributed by atoms with Crippen molar-refractivity contribution in [3.63, 3.8) is 0 Å². The van der Waals surface area contributed by atoms with Gasteiger partial charge in [0.15, 0.2) is 0 Å². The summed E-state index contributed by atoms with van der Waals surface area (Å²) >= 11 is 3.48. The number of halogens is 6. The number of benzene rings is 8. The summed E-state index contributed by atoms with van der Waals surface area (Å²) in [6, 6.07) is 68.9. The topological polar surface area (TPSA) is 0 Å². The molecule has 0 aliphatic heterocycles. The average molecular weight is 1260 g/mol. The Morgan fingerprint density at radius 3 is 0.628 bits per heavy atom. The zero-order chi connectivity index (χ0) is 54.5. The minimum atomic E-state index is -0.195. The van der Waals surface area contributed by atoms with Gasteiger partial charge in [0.2, 0.25) is 0 Å². The second-order valence-corrected chi connectivity index (χ2v) is 38.1. The maximum absolute atomic E-state index is 12.9. The molecular formula is C68H60Cl2F4Si2Zr2-2. The molecule has 78 heavy (non-hydrogen) atoms. The van der Waals surface area contributed by atoms with Crippen molar-refractivity contribution < 1.29 is 89.0 Å². The number of rotatable bonds is 4. The van der Waals surface area contributed by atoms with Crippen LogP contribution in [0.1, 0.15) is 22.3 Å². The number of hydrogen-bond acceptors (Lipinski definition) is 0. The molecule has 12 aromatic rings. The van der Waals surface area contributed by atoms with Crippen LogP contribution in [-0.4, -0.2) is 10.9 Å². The standard InChI is InChI=1S/4C16H12F.2C2H6Si.2ClH.2Zr/c4*1-11-9-13-3-2-4-15(16(13)10-11)12-5-7-14(17)8-6-12;2*1-3-2;;;;/h4*2-10H,1H3;2*1-2H3;2*1H;;/q4*-1;;;;;2*+2/p-2. The van der Waals surface area contributed by atoms with Crippen molar-refractivity contribution in [2.24, 2.45) is 0 Å². The van der Waals surface area contributed by atoms with Gasteiger partial charge in [0, 0.05) is 0 Å². The SMILES string of the molecule is C[Si](C)=[Zr+2].C[Si](C)=[Zr+2].Cc1cc2c(-c3ccc(F)cc3)cccc2[cH-]1.Cc1cc2c(-c3ccc(F)cc3)cccc2[cH-]1.Cc1cc2c(-c3ccc(F)cc3)cccc2[cH-]1.Cc1cc2c(-c3ccc(F)cc3)cccc2[cH-]1.[Cl-].[Cl-]. The van der Waals surface area contributed by atoms with Crippen molar-refractivity contribution in [3.05, 3.63) is 264 Å². The van der Waals surface area contributed by atoms with Crippen molar-refractivity contribution in [2.75, 3.05) is 0 Å². The van der Waals surface area contributed by atoms with Crippen LogP contribution in [0.15, 0.2) is 218 Å². The molecule has 0 fully saturated rings. The van der Waals surface area contributed by atoms with E-state index in [1.807, 2.05) is 72.8 Å². The molecule has 12 aromatic carbocycles. The molecule has 0 aromatic heterocycles. The van der Waals surface area contributed by atoms with E-state index in [1.165, 1.54) is 114 Å². The van der Waals surface area contributed by atoms with Gasteiger partial charge in [-0.1, -0.05) is 123 Å². The van der Waals surface area contributed by atoms with Gasteiger partial charge in [-0.25, -0.2) is 17.6 Å². The molecule has 0 amide bonds. The van der Waals surface area contributed by atoms with E-state index >= 15 is 0 Å². The fraction of sp³-hybridized carbons (Fsp3) is 0.118. The Morgan fingerprint density at radius 1 is 0.295 bits per heavy atom. The average Bonchev–Trinajstić information content (AvgIpc) is 4.20. The Hall–Kier alpha value is -5.30. The zero-order valence-electron chi connectivity index (χ0n) is 45.1. The van der Waals surface area contributed by atoms with Gasteiger partial charge in [0.25, 0.3) is 0 Å². The van der Waals surface area contributed by atoms with Crippen LogP contribution in [0.25, 0.3) is 87.6 Å². The van der Waals surface area contributed by atoms with Gasteiger partial charge in [0.05, 0.1) is 0 Å². The van der Waals surface area contributed by atoms with Crippen LogP contribution < -0.4 is 24.8 Å². The Kier molecular flexibility index (Phi) is 24.7. The summed E-state index contributed by atoms with van der Waals surface area (Å²) in [6.45, 7) is 17.6. The fourth-order valence-electron chi connectivity index (χ4n) is 9.06. The first-order valence-corrected chi connectivity index (χ1v) is 37.5. The first-order valence-electron chi connectivity index (χ1n) is 25.1. The molecule has 0 nitrogen and oxygen atoms in total. The Bertz CT molecular complexity index is 3360. The summed E-state index contributed by atoms with van der Waals surface area (Å²) in [6.07, 6.45) is 0. The molecule has 0 N–H and O–H groups in total. The monoisotopic (exact) mass is 1260 g/mol. The Labute approximate surface area is 500 Å². The van der Waals surface area contributed by atoms with Gasteiger partial charge in [-0.3, -0.25) is 0 Å². The molecule has 392 valence electrons. The van der Waals surface area contributed by atoms with Gasteiger partial charge in [-0.2, -0.15) is 24.3 Å². The molecule has 0 aliphatic carbocycles. The molecule has 12 rings (SSSR count). The number of fused-ring (bicyclic) bond motifs is 4. The van der Waals surface area contributed by atoms with E-state index in [1.54, 1.807) is 46.7 Å². The second-order valence-electron chi connectivity index (χ2n) is 19.4. The van der Waals surface area contributed by atoms with Crippen LogP contribution in [0, 0.1) is 51.0 Å². The zero-order valence-corrected chi connectivity index (χ0v) is 53.5. The molecule has 0 aliphatic rings. The molecule has 10 heteroatoms. The van der Waals surface area contributed by atoms with Crippen molar-refractivity contribution in [2.45, 2.75) is 53.9 Å². The summed E-state index contributed by atoms with van der Waals surface area (Å²) in [5.41, 5.74) is 14.3. The van der Waals surface area contributed by atoms with E-state index < -0.39 is 0 Å².